The first-order valence-corrected chi connectivity index (χ1v) is 7.52. The van der Waals surface area contributed by atoms with Gasteiger partial charge >= 0.3 is 0 Å². The zero-order valence-electron chi connectivity index (χ0n) is 12.8. The summed E-state index contributed by atoms with van der Waals surface area (Å²) in [5.41, 5.74) is 2.59. The molecule has 1 heterocycles. The Kier molecular flexibility index (Phi) is 3.80. The highest BCUT2D eigenvalue weighted by atomic mass is 19.1. The Labute approximate surface area is 128 Å². The van der Waals surface area contributed by atoms with Crippen LogP contribution in [-0.4, -0.2) is 4.57 Å². The van der Waals surface area contributed by atoms with Crippen LogP contribution in [0.4, 0.5) is 4.39 Å². The standard InChI is InChI=1S/C19H18FNO/c1-3-5-17-12-14-7-4-6-13(2)18(14)19(22)21(17)16-10-8-15(20)9-11-16/h4,6-12H,3,5H2,1-2H3. The molecule has 0 amide bonds. The van der Waals surface area contributed by atoms with Gasteiger partial charge in [-0.25, -0.2) is 4.39 Å². The lowest BCUT2D eigenvalue weighted by atomic mass is 10.0. The fraction of sp³-hybridized carbons (Fsp3) is 0.211. The van der Waals surface area contributed by atoms with Crippen LogP contribution in [0.1, 0.15) is 24.6 Å². The van der Waals surface area contributed by atoms with E-state index < -0.39 is 0 Å². The average molecular weight is 295 g/mol. The number of rotatable bonds is 3. The number of hydrogen-bond donors (Lipinski definition) is 0. The highest BCUT2D eigenvalue weighted by Crippen LogP contribution is 2.20. The molecule has 0 spiro atoms. The third-order valence-corrected chi connectivity index (χ3v) is 3.92. The topological polar surface area (TPSA) is 22.0 Å². The van der Waals surface area contributed by atoms with Crippen LogP contribution in [0.15, 0.2) is 53.3 Å². The molecule has 3 aromatic rings. The van der Waals surface area contributed by atoms with Gasteiger partial charge in [-0.05, 0) is 54.6 Å². The second-order valence-corrected chi connectivity index (χ2v) is 5.54. The van der Waals surface area contributed by atoms with Crippen LogP contribution in [-0.2, 0) is 6.42 Å². The molecule has 0 bridgehead atoms. The van der Waals surface area contributed by atoms with E-state index >= 15 is 0 Å². The van der Waals surface area contributed by atoms with Gasteiger partial charge in [-0.1, -0.05) is 31.5 Å². The normalized spacial score (nSPS) is 11.0. The maximum atomic E-state index is 13.2. The molecule has 0 aliphatic carbocycles. The summed E-state index contributed by atoms with van der Waals surface area (Å²) in [5.74, 6) is -0.300. The van der Waals surface area contributed by atoms with E-state index in [1.54, 1.807) is 16.7 Å². The van der Waals surface area contributed by atoms with Crippen LogP contribution in [0.5, 0.6) is 0 Å². The van der Waals surface area contributed by atoms with E-state index in [9.17, 15) is 9.18 Å². The molecule has 3 heteroatoms. The summed E-state index contributed by atoms with van der Waals surface area (Å²) in [6, 6.07) is 14.0. The second kappa shape index (κ2) is 5.76. The highest BCUT2D eigenvalue weighted by molar-refractivity contribution is 5.85. The Morgan fingerprint density at radius 3 is 2.50 bits per heavy atom. The minimum Gasteiger partial charge on any atom is -0.281 e. The van der Waals surface area contributed by atoms with Gasteiger partial charge in [0.05, 0.1) is 5.39 Å². The number of aryl methyl sites for hydroxylation is 2. The van der Waals surface area contributed by atoms with Gasteiger partial charge < -0.3 is 0 Å². The van der Waals surface area contributed by atoms with Crippen molar-refractivity contribution in [3.63, 3.8) is 0 Å². The first-order chi connectivity index (χ1) is 10.6. The van der Waals surface area contributed by atoms with E-state index in [4.69, 9.17) is 0 Å². The average Bonchev–Trinajstić information content (AvgIpc) is 2.49. The molecule has 0 fully saturated rings. The third kappa shape index (κ3) is 2.43. The smallest absolute Gasteiger partial charge is 0.263 e. The molecule has 0 aliphatic rings. The van der Waals surface area contributed by atoms with Crippen LogP contribution in [0.3, 0.4) is 0 Å². The zero-order chi connectivity index (χ0) is 15.7. The molecule has 22 heavy (non-hydrogen) atoms. The van der Waals surface area contributed by atoms with E-state index in [1.165, 1.54) is 12.1 Å². The monoisotopic (exact) mass is 295 g/mol. The van der Waals surface area contributed by atoms with E-state index in [2.05, 4.69) is 13.0 Å². The molecule has 0 unspecified atom stereocenters. The number of fused-ring (bicyclic) bond motifs is 1. The van der Waals surface area contributed by atoms with Crippen molar-refractivity contribution >= 4 is 10.8 Å². The summed E-state index contributed by atoms with van der Waals surface area (Å²) in [6.45, 7) is 4.03. The molecule has 0 saturated carbocycles. The summed E-state index contributed by atoms with van der Waals surface area (Å²) < 4.78 is 14.9. The quantitative estimate of drug-likeness (QED) is 0.702. The largest absolute Gasteiger partial charge is 0.281 e. The first kappa shape index (κ1) is 14.5. The molecule has 2 nitrogen and oxygen atoms in total. The fourth-order valence-electron chi connectivity index (χ4n) is 2.90. The Balaban J connectivity index is 2.38. The van der Waals surface area contributed by atoms with Gasteiger partial charge in [-0.3, -0.25) is 9.36 Å². The second-order valence-electron chi connectivity index (χ2n) is 5.54. The van der Waals surface area contributed by atoms with Crippen molar-refractivity contribution < 1.29 is 4.39 Å². The number of halogens is 1. The number of hydrogen-bond acceptors (Lipinski definition) is 1. The van der Waals surface area contributed by atoms with Gasteiger partial charge in [-0.15, -0.1) is 0 Å². The van der Waals surface area contributed by atoms with Gasteiger partial charge in [0.1, 0.15) is 5.82 Å². The van der Waals surface area contributed by atoms with Crippen LogP contribution in [0.25, 0.3) is 16.5 Å². The lowest BCUT2D eigenvalue weighted by Gasteiger charge is -2.15. The SMILES string of the molecule is CCCc1cc2cccc(C)c2c(=O)n1-c1ccc(F)cc1. The minimum atomic E-state index is -0.300. The Morgan fingerprint density at radius 1 is 1.09 bits per heavy atom. The summed E-state index contributed by atoms with van der Waals surface area (Å²) in [5, 5.41) is 1.69. The third-order valence-electron chi connectivity index (χ3n) is 3.92. The molecule has 3 rings (SSSR count). The first-order valence-electron chi connectivity index (χ1n) is 7.52. The van der Waals surface area contributed by atoms with Crippen LogP contribution in [0, 0.1) is 12.7 Å². The molecule has 1 aromatic heterocycles. The maximum Gasteiger partial charge on any atom is 0.263 e. The van der Waals surface area contributed by atoms with Gasteiger partial charge in [0.25, 0.3) is 5.56 Å². The van der Waals surface area contributed by atoms with Crippen molar-refractivity contribution in [2.45, 2.75) is 26.7 Å². The van der Waals surface area contributed by atoms with Crippen molar-refractivity contribution in [1.82, 2.24) is 4.57 Å². The van der Waals surface area contributed by atoms with Crippen LogP contribution in [0.2, 0.25) is 0 Å². The molecule has 112 valence electrons. The molecular formula is C19H18FNO. The van der Waals surface area contributed by atoms with E-state index in [0.717, 1.165) is 34.9 Å². The van der Waals surface area contributed by atoms with Crippen molar-refractivity contribution in [3.05, 3.63) is 76.0 Å². The molecule has 0 N–H and O–H groups in total. The van der Waals surface area contributed by atoms with E-state index in [-0.39, 0.29) is 11.4 Å². The van der Waals surface area contributed by atoms with Crippen LogP contribution >= 0.6 is 0 Å². The molecule has 0 radical (unpaired) electrons. The zero-order valence-corrected chi connectivity index (χ0v) is 12.8. The van der Waals surface area contributed by atoms with Gasteiger partial charge in [-0.2, -0.15) is 0 Å². The number of aromatic nitrogens is 1. The van der Waals surface area contributed by atoms with Crippen molar-refractivity contribution in [1.29, 1.82) is 0 Å². The molecule has 2 aromatic carbocycles. The predicted octanol–water partition coefficient (Wildman–Crippen LogP) is 4.39. The molecule has 0 atom stereocenters. The highest BCUT2D eigenvalue weighted by Gasteiger charge is 2.12. The van der Waals surface area contributed by atoms with Crippen molar-refractivity contribution in [3.8, 4) is 5.69 Å². The lowest BCUT2D eigenvalue weighted by Crippen LogP contribution is -2.22. The number of nitrogens with zero attached hydrogens (tertiary/aromatic N) is 1. The van der Waals surface area contributed by atoms with Crippen molar-refractivity contribution in [2.24, 2.45) is 0 Å². The number of benzene rings is 2. The maximum absolute atomic E-state index is 13.2. The van der Waals surface area contributed by atoms with Gasteiger partial charge in [0, 0.05) is 11.4 Å². The predicted molar refractivity (Wildman–Crippen MR) is 88.2 cm³/mol. The van der Waals surface area contributed by atoms with Crippen molar-refractivity contribution in [2.75, 3.05) is 0 Å². The Bertz CT molecular complexity index is 878. The molecule has 0 saturated heterocycles. The summed E-state index contributed by atoms with van der Waals surface area (Å²) in [6.07, 6.45) is 1.74. The van der Waals surface area contributed by atoms with Gasteiger partial charge in [0.15, 0.2) is 0 Å². The minimum absolute atomic E-state index is 0.0364. The summed E-state index contributed by atoms with van der Waals surface area (Å²) in [4.78, 5) is 13.0. The lowest BCUT2D eigenvalue weighted by molar-refractivity contribution is 0.627. The summed E-state index contributed by atoms with van der Waals surface area (Å²) in [7, 11) is 0. The summed E-state index contributed by atoms with van der Waals surface area (Å²) >= 11 is 0. The van der Waals surface area contributed by atoms with Crippen LogP contribution < -0.4 is 5.56 Å². The Hall–Kier alpha value is -2.42. The molecular weight excluding hydrogens is 277 g/mol. The Morgan fingerprint density at radius 2 is 1.82 bits per heavy atom. The van der Waals surface area contributed by atoms with Gasteiger partial charge in [0.2, 0.25) is 0 Å². The number of pyridine rings is 1. The van der Waals surface area contributed by atoms with E-state index in [0.29, 0.717) is 5.69 Å². The van der Waals surface area contributed by atoms with E-state index in [1.807, 2.05) is 25.1 Å². The molecule has 0 aliphatic heterocycles. The fourth-order valence-corrected chi connectivity index (χ4v) is 2.90.